The van der Waals surface area contributed by atoms with Crippen molar-refractivity contribution in [3.8, 4) is 0 Å². The molecule has 1 aliphatic heterocycles. The molecule has 0 saturated carbocycles. The molecule has 0 unspecified atom stereocenters. The minimum atomic E-state index is -0.610. The maximum atomic E-state index is 12.4. The Bertz CT molecular complexity index is 870. The first kappa shape index (κ1) is 14.6. The lowest BCUT2D eigenvalue weighted by Crippen LogP contribution is -2.16. The van der Waals surface area contributed by atoms with Crippen molar-refractivity contribution in [2.45, 2.75) is 0 Å². The average Bonchev–Trinajstić information content (AvgIpc) is 2.80. The second-order valence-corrected chi connectivity index (χ2v) is 5.07. The van der Waals surface area contributed by atoms with Gasteiger partial charge in [-0.1, -0.05) is 24.3 Å². The van der Waals surface area contributed by atoms with Gasteiger partial charge in [-0.25, -0.2) is 0 Å². The summed E-state index contributed by atoms with van der Waals surface area (Å²) in [5.41, 5.74) is 1.10. The summed E-state index contributed by atoms with van der Waals surface area (Å²) in [6, 6.07) is 12.7. The fourth-order valence-electron chi connectivity index (χ4n) is 2.58. The number of para-hydroxylation sites is 2. The van der Waals surface area contributed by atoms with E-state index in [0.29, 0.717) is 11.3 Å². The smallest absolute Gasteiger partial charge is 0.280 e. The van der Waals surface area contributed by atoms with E-state index < -0.39 is 10.7 Å². The number of hydrogen-bond acceptors (Lipinski definition) is 5. The predicted molar refractivity (Wildman–Crippen MR) is 84.7 cm³/mol. The van der Waals surface area contributed by atoms with Gasteiger partial charge >= 0.3 is 0 Å². The molecule has 0 aliphatic carbocycles. The zero-order chi connectivity index (χ0) is 16.6. The zero-order valence-corrected chi connectivity index (χ0v) is 12.2. The fourth-order valence-corrected chi connectivity index (χ4v) is 2.58. The SMILES string of the molecule is CN1/C(=C/C(=O)c2ccccc2[N+](=O)[O-])C(=O)c2ccccc21. The van der Waals surface area contributed by atoms with Crippen molar-refractivity contribution in [3.05, 3.63) is 81.5 Å². The number of carbonyl (C=O) groups is 2. The fraction of sp³-hybridized carbons (Fsp3) is 0.0588. The van der Waals surface area contributed by atoms with Crippen molar-refractivity contribution in [2.24, 2.45) is 0 Å². The highest BCUT2D eigenvalue weighted by Gasteiger charge is 2.30. The maximum Gasteiger partial charge on any atom is 0.280 e. The molecule has 2 aromatic carbocycles. The van der Waals surface area contributed by atoms with E-state index in [1.54, 1.807) is 42.3 Å². The van der Waals surface area contributed by atoms with Gasteiger partial charge in [-0.05, 0) is 18.2 Å². The number of rotatable bonds is 3. The number of likely N-dealkylation sites (N-methyl/N-ethyl adjacent to an activating group) is 1. The lowest BCUT2D eigenvalue weighted by molar-refractivity contribution is -0.385. The van der Waals surface area contributed by atoms with Crippen LogP contribution in [0.25, 0.3) is 0 Å². The number of ketones is 2. The molecule has 0 amide bonds. The summed E-state index contributed by atoms with van der Waals surface area (Å²) >= 11 is 0. The summed E-state index contributed by atoms with van der Waals surface area (Å²) in [5, 5.41) is 11.0. The Hall–Kier alpha value is -3.28. The molecule has 0 radical (unpaired) electrons. The Morgan fingerprint density at radius 3 is 2.48 bits per heavy atom. The number of carbonyl (C=O) groups excluding carboxylic acids is 2. The van der Waals surface area contributed by atoms with Crippen molar-refractivity contribution >= 4 is 22.9 Å². The Labute approximate surface area is 131 Å². The molecule has 6 heteroatoms. The van der Waals surface area contributed by atoms with Crippen molar-refractivity contribution in [1.82, 2.24) is 0 Å². The van der Waals surface area contributed by atoms with Crippen LogP contribution in [0.4, 0.5) is 11.4 Å². The number of nitro benzene ring substituents is 1. The zero-order valence-electron chi connectivity index (χ0n) is 12.2. The highest BCUT2D eigenvalue weighted by Crippen LogP contribution is 2.33. The predicted octanol–water partition coefficient (Wildman–Crippen LogP) is 2.99. The van der Waals surface area contributed by atoms with E-state index in [1.165, 1.54) is 18.2 Å². The largest absolute Gasteiger partial charge is 0.341 e. The Morgan fingerprint density at radius 2 is 1.78 bits per heavy atom. The Morgan fingerprint density at radius 1 is 1.13 bits per heavy atom. The van der Waals surface area contributed by atoms with E-state index in [1.807, 2.05) is 0 Å². The molecule has 0 N–H and O–H groups in total. The lowest BCUT2D eigenvalue weighted by atomic mass is 10.1. The van der Waals surface area contributed by atoms with Gasteiger partial charge in [-0.15, -0.1) is 0 Å². The number of Topliss-reactive ketones (excluding diaryl/α,β-unsaturated/α-hetero) is 1. The van der Waals surface area contributed by atoms with Crippen LogP contribution in [0.3, 0.4) is 0 Å². The highest BCUT2D eigenvalue weighted by molar-refractivity contribution is 6.22. The van der Waals surface area contributed by atoms with E-state index in [-0.39, 0.29) is 22.7 Å². The second kappa shape index (κ2) is 5.49. The van der Waals surface area contributed by atoms with E-state index >= 15 is 0 Å². The minimum absolute atomic E-state index is 0.0397. The van der Waals surface area contributed by atoms with Gasteiger partial charge < -0.3 is 4.90 Å². The third-order valence-electron chi connectivity index (χ3n) is 3.74. The van der Waals surface area contributed by atoms with Gasteiger partial charge in [0.05, 0.1) is 21.9 Å². The summed E-state index contributed by atoms with van der Waals surface area (Å²) in [5.74, 6) is -0.838. The van der Waals surface area contributed by atoms with Gasteiger partial charge in [-0.3, -0.25) is 19.7 Å². The molecule has 0 aromatic heterocycles. The van der Waals surface area contributed by atoms with Crippen LogP contribution in [0, 0.1) is 10.1 Å². The van der Waals surface area contributed by atoms with Gasteiger partial charge in [0.2, 0.25) is 5.78 Å². The van der Waals surface area contributed by atoms with Gasteiger partial charge in [-0.2, -0.15) is 0 Å². The number of nitro groups is 1. The van der Waals surface area contributed by atoms with Crippen molar-refractivity contribution in [2.75, 3.05) is 11.9 Å². The summed E-state index contributed by atoms with van der Waals surface area (Å²) in [7, 11) is 1.68. The molecule has 0 spiro atoms. The van der Waals surface area contributed by atoms with Crippen molar-refractivity contribution in [1.29, 1.82) is 0 Å². The van der Waals surface area contributed by atoms with Crippen LogP contribution in [0.1, 0.15) is 20.7 Å². The summed E-state index contributed by atoms with van der Waals surface area (Å²) in [6.07, 6.45) is 1.16. The number of nitrogens with zero attached hydrogens (tertiary/aromatic N) is 2. The third-order valence-corrected chi connectivity index (χ3v) is 3.74. The quantitative estimate of drug-likeness (QED) is 0.377. The first-order chi connectivity index (χ1) is 11.0. The molecule has 1 aliphatic rings. The maximum absolute atomic E-state index is 12.4. The standard InChI is InChI=1S/C17H12N2O4/c1-18-13-8-4-3-7-12(13)17(21)15(18)10-16(20)11-6-2-5-9-14(11)19(22)23/h2-10H,1H3/b15-10+. The molecule has 0 bridgehead atoms. The van der Waals surface area contributed by atoms with E-state index in [0.717, 1.165) is 6.08 Å². The van der Waals surface area contributed by atoms with Gasteiger partial charge in [0, 0.05) is 24.8 Å². The molecule has 0 fully saturated rings. The minimum Gasteiger partial charge on any atom is -0.341 e. The Kier molecular flexibility index (Phi) is 3.50. The number of hydrogen-bond donors (Lipinski definition) is 0. The molecular weight excluding hydrogens is 296 g/mol. The number of fused-ring (bicyclic) bond motifs is 1. The van der Waals surface area contributed by atoms with E-state index in [2.05, 4.69) is 0 Å². The molecule has 114 valence electrons. The molecule has 2 aromatic rings. The van der Waals surface area contributed by atoms with Crippen molar-refractivity contribution in [3.63, 3.8) is 0 Å². The summed E-state index contributed by atoms with van der Waals surface area (Å²) in [6.45, 7) is 0. The van der Waals surface area contributed by atoms with E-state index in [9.17, 15) is 19.7 Å². The molecule has 0 saturated heterocycles. The summed E-state index contributed by atoms with van der Waals surface area (Å²) < 4.78 is 0. The van der Waals surface area contributed by atoms with Gasteiger partial charge in [0.1, 0.15) is 0 Å². The highest BCUT2D eigenvalue weighted by atomic mass is 16.6. The van der Waals surface area contributed by atoms with Crippen LogP contribution < -0.4 is 4.90 Å². The number of benzene rings is 2. The molecule has 23 heavy (non-hydrogen) atoms. The van der Waals surface area contributed by atoms with Crippen LogP contribution in [-0.4, -0.2) is 23.5 Å². The van der Waals surface area contributed by atoms with Crippen molar-refractivity contribution < 1.29 is 14.5 Å². The van der Waals surface area contributed by atoms with Crippen LogP contribution in [0.2, 0.25) is 0 Å². The number of allylic oxidation sites excluding steroid dienone is 2. The lowest BCUT2D eigenvalue weighted by Gasteiger charge is -2.12. The average molecular weight is 308 g/mol. The van der Waals surface area contributed by atoms with Gasteiger partial charge in [0.25, 0.3) is 5.69 Å². The monoisotopic (exact) mass is 308 g/mol. The van der Waals surface area contributed by atoms with Crippen LogP contribution in [0.5, 0.6) is 0 Å². The third kappa shape index (κ3) is 2.40. The number of anilines is 1. The normalized spacial score (nSPS) is 14.9. The first-order valence-corrected chi connectivity index (χ1v) is 6.87. The van der Waals surface area contributed by atoms with Crippen LogP contribution >= 0.6 is 0 Å². The van der Waals surface area contributed by atoms with Crippen LogP contribution in [-0.2, 0) is 0 Å². The molecule has 1 heterocycles. The van der Waals surface area contributed by atoms with Gasteiger partial charge in [0.15, 0.2) is 5.78 Å². The van der Waals surface area contributed by atoms with Crippen LogP contribution in [0.15, 0.2) is 60.3 Å². The molecular formula is C17H12N2O4. The molecule has 6 nitrogen and oxygen atoms in total. The summed E-state index contributed by atoms with van der Waals surface area (Å²) in [4.78, 5) is 36.8. The molecule has 3 rings (SSSR count). The van der Waals surface area contributed by atoms with E-state index in [4.69, 9.17) is 0 Å². The second-order valence-electron chi connectivity index (χ2n) is 5.07. The topological polar surface area (TPSA) is 80.5 Å². The Balaban J connectivity index is 2.02. The first-order valence-electron chi connectivity index (χ1n) is 6.87. The molecule has 0 atom stereocenters.